The van der Waals surface area contributed by atoms with E-state index < -0.39 is 0 Å². The number of aryl methyl sites for hydroxylation is 1. The van der Waals surface area contributed by atoms with Crippen LogP contribution in [-0.4, -0.2) is 4.83 Å². The van der Waals surface area contributed by atoms with Gasteiger partial charge in [0, 0.05) is 9.30 Å². The van der Waals surface area contributed by atoms with E-state index >= 15 is 0 Å². The van der Waals surface area contributed by atoms with Crippen molar-refractivity contribution in [3.05, 3.63) is 34.1 Å². The van der Waals surface area contributed by atoms with Crippen LogP contribution in [0.2, 0.25) is 0 Å². The fourth-order valence-corrected chi connectivity index (χ4v) is 2.10. The van der Waals surface area contributed by atoms with Gasteiger partial charge in [0.1, 0.15) is 5.82 Å². The quantitative estimate of drug-likeness (QED) is 0.657. The summed E-state index contributed by atoms with van der Waals surface area (Å²) in [5.74, 6) is -0.105. The van der Waals surface area contributed by atoms with Gasteiger partial charge in [0.15, 0.2) is 0 Å². The highest BCUT2D eigenvalue weighted by Crippen LogP contribution is 2.19. The molecule has 0 amide bonds. The first-order valence-electron chi connectivity index (χ1n) is 5.21. The fraction of sp³-hybridized carbons (Fsp3) is 0.500. The largest absolute Gasteiger partial charge is 0.207 e. The molecule has 0 aliphatic rings. The number of rotatable bonds is 5. The van der Waals surface area contributed by atoms with E-state index in [2.05, 4.69) is 38.8 Å². The lowest BCUT2D eigenvalue weighted by molar-refractivity contribution is 0.596. The van der Waals surface area contributed by atoms with Crippen molar-refractivity contribution in [3.8, 4) is 0 Å². The summed E-state index contributed by atoms with van der Waals surface area (Å²) >= 11 is 6.83. The number of alkyl halides is 1. The summed E-state index contributed by atoms with van der Waals surface area (Å²) in [5.41, 5.74) is 0.814. The molecule has 0 aliphatic carbocycles. The van der Waals surface area contributed by atoms with E-state index in [1.54, 1.807) is 0 Å². The average Bonchev–Trinajstić information content (AvgIpc) is 2.21. The standard InChI is InChI=1S/C12H15Br2F/c1-2-10(13)5-3-4-9-6-7-11(14)8-12(9)15/h6-8,10H,2-5H2,1H3. The van der Waals surface area contributed by atoms with E-state index in [-0.39, 0.29) is 5.82 Å². The van der Waals surface area contributed by atoms with E-state index in [0.29, 0.717) is 4.83 Å². The van der Waals surface area contributed by atoms with Crippen LogP contribution in [0.5, 0.6) is 0 Å². The summed E-state index contributed by atoms with van der Waals surface area (Å²) < 4.78 is 14.2. The van der Waals surface area contributed by atoms with Crippen LogP contribution in [0.3, 0.4) is 0 Å². The Morgan fingerprint density at radius 1 is 1.40 bits per heavy atom. The van der Waals surface area contributed by atoms with Crippen molar-refractivity contribution in [1.82, 2.24) is 0 Å². The molecule has 3 heteroatoms. The van der Waals surface area contributed by atoms with Gasteiger partial charge in [-0.25, -0.2) is 4.39 Å². The molecule has 0 spiro atoms. The third-order valence-electron chi connectivity index (χ3n) is 2.42. The van der Waals surface area contributed by atoms with Crippen molar-refractivity contribution >= 4 is 31.9 Å². The van der Waals surface area contributed by atoms with Crippen molar-refractivity contribution in [2.45, 2.75) is 37.4 Å². The smallest absolute Gasteiger partial charge is 0.127 e. The molecule has 1 aromatic rings. The number of hydrogen-bond donors (Lipinski definition) is 0. The molecule has 0 bridgehead atoms. The molecule has 0 nitrogen and oxygen atoms in total. The molecule has 0 aliphatic heterocycles. The molecule has 84 valence electrons. The lowest BCUT2D eigenvalue weighted by Crippen LogP contribution is -1.97. The highest BCUT2D eigenvalue weighted by atomic mass is 79.9. The molecule has 1 aromatic carbocycles. The van der Waals surface area contributed by atoms with Crippen LogP contribution < -0.4 is 0 Å². The number of hydrogen-bond acceptors (Lipinski definition) is 0. The molecule has 1 unspecified atom stereocenters. The van der Waals surface area contributed by atoms with Gasteiger partial charge in [0.2, 0.25) is 0 Å². The van der Waals surface area contributed by atoms with Gasteiger partial charge in [-0.2, -0.15) is 0 Å². The predicted octanol–water partition coefficient (Wildman–Crippen LogP) is 5.08. The van der Waals surface area contributed by atoms with Gasteiger partial charge >= 0.3 is 0 Å². The highest BCUT2D eigenvalue weighted by molar-refractivity contribution is 9.10. The Balaban J connectivity index is 2.44. The van der Waals surface area contributed by atoms with Crippen molar-refractivity contribution < 1.29 is 4.39 Å². The number of halogens is 3. The van der Waals surface area contributed by atoms with E-state index in [9.17, 15) is 4.39 Å². The number of benzene rings is 1. The fourth-order valence-electron chi connectivity index (χ4n) is 1.44. The molecule has 0 aromatic heterocycles. The van der Waals surface area contributed by atoms with Gasteiger partial charge in [-0.3, -0.25) is 0 Å². The molecule has 0 radical (unpaired) electrons. The van der Waals surface area contributed by atoms with E-state index in [0.717, 1.165) is 35.7 Å². The normalized spacial score (nSPS) is 12.8. The van der Waals surface area contributed by atoms with Crippen molar-refractivity contribution in [2.24, 2.45) is 0 Å². The van der Waals surface area contributed by atoms with Gasteiger partial charge in [0.05, 0.1) is 0 Å². The lowest BCUT2D eigenvalue weighted by Gasteiger charge is -2.07. The molecule has 1 rings (SSSR count). The first-order valence-corrected chi connectivity index (χ1v) is 6.92. The van der Waals surface area contributed by atoms with E-state index in [1.807, 2.05) is 12.1 Å². The minimum Gasteiger partial charge on any atom is -0.207 e. The third kappa shape index (κ3) is 4.64. The van der Waals surface area contributed by atoms with Crippen molar-refractivity contribution in [1.29, 1.82) is 0 Å². The maximum atomic E-state index is 13.4. The lowest BCUT2D eigenvalue weighted by atomic mass is 10.1. The Morgan fingerprint density at radius 3 is 2.73 bits per heavy atom. The topological polar surface area (TPSA) is 0 Å². The van der Waals surface area contributed by atoms with Crippen LogP contribution in [0.1, 0.15) is 31.7 Å². The van der Waals surface area contributed by atoms with Crippen LogP contribution in [0, 0.1) is 5.82 Å². The van der Waals surface area contributed by atoms with E-state index in [4.69, 9.17) is 0 Å². The van der Waals surface area contributed by atoms with Gasteiger partial charge in [-0.05, 0) is 43.4 Å². The van der Waals surface area contributed by atoms with Crippen LogP contribution >= 0.6 is 31.9 Å². The maximum Gasteiger partial charge on any atom is 0.127 e. The molecule has 0 fully saturated rings. The Morgan fingerprint density at radius 2 is 2.13 bits per heavy atom. The van der Waals surface area contributed by atoms with Crippen LogP contribution in [-0.2, 0) is 6.42 Å². The Hall–Kier alpha value is 0.110. The zero-order valence-corrected chi connectivity index (χ0v) is 11.9. The molecule has 0 saturated heterocycles. The van der Waals surface area contributed by atoms with E-state index in [1.165, 1.54) is 6.07 Å². The van der Waals surface area contributed by atoms with Gasteiger partial charge in [-0.15, -0.1) is 0 Å². The Bertz CT molecular complexity index is 312. The van der Waals surface area contributed by atoms with Gasteiger partial charge in [0.25, 0.3) is 0 Å². The molecular formula is C12H15Br2F. The first kappa shape index (κ1) is 13.2. The molecular weight excluding hydrogens is 323 g/mol. The molecule has 0 N–H and O–H groups in total. The zero-order valence-electron chi connectivity index (χ0n) is 8.77. The van der Waals surface area contributed by atoms with Crippen LogP contribution in [0.25, 0.3) is 0 Å². The summed E-state index contributed by atoms with van der Waals surface area (Å²) in [6.45, 7) is 2.15. The molecule has 0 saturated carbocycles. The molecule has 1 atom stereocenters. The summed E-state index contributed by atoms with van der Waals surface area (Å²) in [5, 5.41) is 0. The second-order valence-electron chi connectivity index (χ2n) is 3.63. The summed E-state index contributed by atoms with van der Waals surface area (Å²) in [4.78, 5) is 0.566. The Labute approximate surface area is 108 Å². The molecule has 0 heterocycles. The third-order valence-corrected chi connectivity index (χ3v) is 4.02. The summed E-state index contributed by atoms with van der Waals surface area (Å²) in [6.07, 6.45) is 4.08. The van der Waals surface area contributed by atoms with Crippen molar-refractivity contribution in [3.63, 3.8) is 0 Å². The maximum absolute atomic E-state index is 13.4. The zero-order chi connectivity index (χ0) is 11.3. The second-order valence-corrected chi connectivity index (χ2v) is 5.84. The second kappa shape index (κ2) is 6.64. The predicted molar refractivity (Wildman–Crippen MR) is 70.0 cm³/mol. The summed E-state index contributed by atoms with van der Waals surface area (Å²) in [6, 6.07) is 5.28. The Kier molecular flexibility index (Phi) is 5.83. The minimum atomic E-state index is -0.105. The first-order chi connectivity index (χ1) is 7.13. The minimum absolute atomic E-state index is 0.105. The van der Waals surface area contributed by atoms with Crippen LogP contribution in [0.4, 0.5) is 4.39 Å². The highest BCUT2D eigenvalue weighted by Gasteiger charge is 2.04. The van der Waals surface area contributed by atoms with Gasteiger partial charge in [-0.1, -0.05) is 44.8 Å². The van der Waals surface area contributed by atoms with Crippen LogP contribution in [0.15, 0.2) is 22.7 Å². The molecule has 15 heavy (non-hydrogen) atoms. The average molecular weight is 338 g/mol. The van der Waals surface area contributed by atoms with Gasteiger partial charge < -0.3 is 0 Å². The monoisotopic (exact) mass is 336 g/mol. The SMILES string of the molecule is CCC(Br)CCCc1ccc(Br)cc1F. The summed E-state index contributed by atoms with van der Waals surface area (Å²) in [7, 11) is 0. The van der Waals surface area contributed by atoms with Crippen molar-refractivity contribution in [2.75, 3.05) is 0 Å².